The second-order valence-corrected chi connectivity index (χ2v) is 4.62. The smallest absolute Gasteiger partial charge is 0.347 e. The number of halogens is 3. The van der Waals surface area contributed by atoms with E-state index in [0.29, 0.717) is 6.42 Å². The molecule has 0 aliphatic heterocycles. The summed E-state index contributed by atoms with van der Waals surface area (Å²) in [5.74, 6) is -0.428. The molecule has 18 heavy (non-hydrogen) atoms. The molecule has 0 saturated carbocycles. The van der Waals surface area contributed by atoms with E-state index in [-0.39, 0.29) is 5.56 Å². The number of hydrogen-bond acceptors (Lipinski definition) is 2. The summed E-state index contributed by atoms with van der Waals surface area (Å²) in [7, 11) is 0. The van der Waals surface area contributed by atoms with Crippen LogP contribution in [0, 0.1) is 0 Å². The maximum Gasteiger partial charge on any atom is 0.433 e. The lowest BCUT2D eigenvalue weighted by molar-refractivity contribution is -0.141. The van der Waals surface area contributed by atoms with Crippen LogP contribution >= 0.6 is 0 Å². The second-order valence-electron chi connectivity index (χ2n) is 4.62. The summed E-state index contributed by atoms with van der Waals surface area (Å²) in [5, 5.41) is 2.72. The van der Waals surface area contributed by atoms with Crippen LogP contribution in [0.1, 0.15) is 43.2 Å². The van der Waals surface area contributed by atoms with Crippen molar-refractivity contribution < 1.29 is 18.0 Å². The number of carbonyl (C=O) groups excluding carboxylic acids is 1. The number of carbonyl (C=O) groups is 1. The van der Waals surface area contributed by atoms with Crippen LogP contribution in [0.4, 0.5) is 13.2 Å². The summed E-state index contributed by atoms with van der Waals surface area (Å²) in [5.41, 5.74) is -1.29. The standard InChI is InChI=1S/C12H15F3N2O/c1-4-11(2,3)17-10(18)8-5-6-9(16-7-8)12(13,14)15/h5-7H,4H2,1-3H3,(H,17,18). The molecule has 1 amide bonds. The van der Waals surface area contributed by atoms with Gasteiger partial charge in [-0.25, -0.2) is 0 Å². The highest BCUT2D eigenvalue weighted by Crippen LogP contribution is 2.27. The molecule has 0 aliphatic rings. The first kappa shape index (κ1) is 14.5. The Balaban J connectivity index is 2.83. The number of pyridine rings is 1. The van der Waals surface area contributed by atoms with Gasteiger partial charge in [0, 0.05) is 11.7 Å². The van der Waals surface area contributed by atoms with Crippen LogP contribution in [0.25, 0.3) is 0 Å². The van der Waals surface area contributed by atoms with E-state index >= 15 is 0 Å². The van der Waals surface area contributed by atoms with Crippen LogP contribution in [0.5, 0.6) is 0 Å². The molecule has 6 heteroatoms. The van der Waals surface area contributed by atoms with Gasteiger partial charge < -0.3 is 5.32 Å². The molecule has 1 N–H and O–H groups in total. The summed E-state index contributed by atoms with van der Waals surface area (Å²) >= 11 is 0. The number of aromatic nitrogens is 1. The molecule has 0 saturated heterocycles. The number of nitrogens with one attached hydrogen (secondary N) is 1. The molecular weight excluding hydrogens is 245 g/mol. The Labute approximate surface area is 103 Å². The van der Waals surface area contributed by atoms with Gasteiger partial charge in [0.2, 0.25) is 0 Å². The van der Waals surface area contributed by atoms with Crippen molar-refractivity contribution in [2.75, 3.05) is 0 Å². The number of hydrogen-bond donors (Lipinski definition) is 1. The van der Waals surface area contributed by atoms with Crippen LogP contribution in [0.15, 0.2) is 18.3 Å². The van der Waals surface area contributed by atoms with E-state index in [0.717, 1.165) is 18.3 Å². The van der Waals surface area contributed by atoms with E-state index in [1.807, 2.05) is 20.8 Å². The lowest BCUT2D eigenvalue weighted by Gasteiger charge is -2.24. The molecule has 1 rings (SSSR count). The lowest BCUT2D eigenvalue weighted by Crippen LogP contribution is -2.42. The molecule has 0 fully saturated rings. The molecule has 1 heterocycles. The summed E-state index contributed by atoms with van der Waals surface area (Å²) < 4.78 is 36.9. The molecule has 0 aliphatic carbocycles. The van der Waals surface area contributed by atoms with Crippen molar-refractivity contribution in [2.24, 2.45) is 0 Å². The Morgan fingerprint density at radius 2 is 1.94 bits per heavy atom. The first-order valence-corrected chi connectivity index (χ1v) is 5.51. The fourth-order valence-electron chi connectivity index (χ4n) is 1.16. The summed E-state index contributed by atoms with van der Waals surface area (Å²) in [6, 6.07) is 1.92. The van der Waals surface area contributed by atoms with Crippen LogP contribution < -0.4 is 5.32 Å². The van der Waals surface area contributed by atoms with Crippen LogP contribution in [0.3, 0.4) is 0 Å². The van der Waals surface area contributed by atoms with Gasteiger partial charge >= 0.3 is 6.18 Å². The van der Waals surface area contributed by atoms with Gasteiger partial charge in [-0.3, -0.25) is 9.78 Å². The van der Waals surface area contributed by atoms with E-state index in [4.69, 9.17) is 0 Å². The van der Waals surface area contributed by atoms with E-state index in [9.17, 15) is 18.0 Å². The Kier molecular flexibility index (Phi) is 3.98. The van der Waals surface area contributed by atoms with Crippen molar-refractivity contribution in [1.29, 1.82) is 0 Å². The average Bonchev–Trinajstić information content (AvgIpc) is 2.27. The van der Waals surface area contributed by atoms with Crippen molar-refractivity contribution in [2.45, 2.75) is 38.9 Å². The van der Waals surface area contributed by atoms with Crippen LogP contribution in [-0.2, 0) is 6.18 Å². The Hall–Kier alpha value is -1.59. The Morgan fingerprint density at radius 3 is 2.33 bits per heavy atom. The molecule has 0 spiro atoms. The third-order valence-electron chi connectivity index (χ3n) is 2.65. The van der Waals surface area contributed by atoms with Gasteiger partial charge in [-0.1, -0.05) is 6.92 Å². The second kappa shape index (κ2) is 4.96. The maximum atomic E-state index is 12.3. The SMILES string of the molecule is CCC(C)(C)NC(=O)c1ccc(C(F)(F)F)nc1. The maximum absolute atomic E-state index is 12.3. The zero-order chi connectivity index (χ0) is 14.0. The number of alkyl halides is 3. The topological polar surface area (TPSA) is 42.0 Å². The first-order chi connectivity index (χ1) is 8.15. The number of nitrogens with zero attached hydrogens (tertiary/aromatic N) is 1. The predicted octanol–water partition coefficient (Wildman–Crippen LogP) is 3.02. The first-order valence-electron chi connectivity index (χ1n) is 5.51. The zero-order valence-electron chi connectivity index (χ0n) is 10.4. The molecule has 0 bridgehead atoms. The van der Waals surface area contributed by atoms with Gasteiger partial charge in [0.25, 0.3) is 5.91 Å². The zero-order valence-corrected chi connectivity index (χ0v) is 10.4. The minimum absolute atomic E-state index is 0.115. The largest absolute Gasteiger partial charge is 0.433 e. The molecule has 0 atom stereocenters. The van der Waals surface area contributed by atoms with Gasteiger partial charge in [0.05, 0.1) is 5.56 Å². The highest BCUT2D eigenvalue weighted by Gasteiger charge is 2.32. The van der Waals surface area contributed by atoms with Gasteiger partial charge in [-0.05, 0) is 32.4 Å². The van der Waals surface area contributed by atoms with Crippen molar-refractivity contribution >= 4 is 5.91 Å². The summed E-state index contributed by atoms with van der Waals surface area (Å²) in [6.45, 7) is 5.58. The number of amides is 1. The monoisotopic (exact) mass is 260 g/mol. The van der Waals surface area contributed by atoms with Crippen LogP contribution in [-0.4, -0.2) is 16.4 Å². The lowest BCUT2D eigenvalue weighted by atomic mass is 10.0. The minimum Gasteiger partial charge on any atom is -0.347 e. The summed E-state index contributed by atoms with van der Waals surface area (Å²) in [6.07, 6.45) is -2.84. The number of rotatable bonds is 3. The van der Waals surface area contributed by atoms with E-state index in [1.54, 1.807) is 0 Å². The van der Waals surface area contributed by atoms with Crippen molar-refractivity contribution in [3.8, 4) is 0 Å². The molecule has 0 radical (unpaired) electrons. The third-order valence-corrected chi connectivity index (χ3v) is 2.65. The highest BCUT2D eigenvalue weighted by atomic mass is 19.4. The van der Waals surface area contributed by atoms with Crippen molar-refractivity contribution in [3.63, 3.8) is 0 Å². The van der Waals surface area contributed by atoms with E-state index < -0.39 is 23.3 Å². The Morgan fingerprint density at radius 1 is 1.33 bits per heavy atom. The van der Waals surface area contributed by atoms with Gasteiger partial charge in [0.15, 0.2) is 0 Å². The van der Waals surface area contributed by atoms with Gasteiger partial charge in [-0.15, -0.1) is 0 Å². The fourth-order valence-corrected chi connectivity index (χ4v) is 1.16. The van der Waals surface area contributed by atoms with Gasteiger partial charge in [0.1, 0.15) is 5.69 Å². The van der Waals surface area contributed by atoms with Crippen LogP contribution in [0.2, 0.25) is 0 Å². The fraction of sp³-hybridized carbons (Fsp3) is 0.500. The average molecular weight is 260 g/mol. The molecule has 3 nitrogen and oxygen atoms in total. The molecule has 1 aromatic heterocycles. The Bertz CT molecular complexity index is 424. The van der Waals surface area contributed by atoms with E-state index in [1.165, 1.54) is 0 Å². The van der Waals surface area contributed by atoms with E-state index in [2.05, 4.69) is 10.3 Å². The quantitative estimate of drug-likeness (QED) is 0.907. The van der Waals surface area contributed by atoms with Gasteiger partial charge in [-0.2, -0.15) is 13.2 Å². The molecule has 0 aromatic carbocycles. The van der Waals surface area contributed by atoms with Crippen molar-refractivity contribution in [3.05, 3.63) is 29.6 Å². The highest BCUT2D eigenvalue weighted by molar-refractivity contribution is 5.94. The third kappa shape index (κ3) is 3.72. The molecule has 100 valence electrons. The summed E-state index contributed by atoms with van der Waals surface area (Å²) in [4.78, 5) is 15.0. The molecular formula is C12H15F3N2O. The minimum atomic E-state index is -4.49. The molecule has 0 unspecified atom stereocenters. The normalized spacial score (nSPS) is 12.3. The van der Waals surface area contributed by atoms with Crippen molar-refractivity contribution in [1.82, 2.24) is 10.3 Å². The molecule has 1 aromatic rings. The predicted molar refractivity (Wildman–Crippen MR) is 61.1 cm³/mol.